The largest absolute Gasteiger partial charge is 0.508 e. The Labute approximate surface area is 143 Å². The smallest absolute Gasteiger partial charge is 0.309 e. The lowest BCUT2D eigenvalue weighted by Gasteiger charge is -2.16. The topological polar surface area (TPSA) is 77.8 Å². The molecule has 0 amide bonds. The molecule has 132 valence electrons. The molecule has 2 aliphatic rings. The molecule has 0 atom stereocenters. The van der Waals surface area contributed by atoms with Crippen LogP contribution in [0, 0.1) is 10.8 Å². The molecule has 4 heteroatoms. The highest BCUT2D eigenvalue weighted by Crippen LogP contribution is 2.51. The fourth-order valence-corrected chi connectivity index (χ4v) is 3.71. The molecule has 1 aromatic carbocycles. The maximum absolute atomic E-state index is 11.3. The lowest BCUT2D eigenvalue weighted by molar-refractivity contribution is -0.143. The van der Waals surface area contributed by atoms with Crippen molar-refractivity contribution in [3.05, 3.63) is 23.3 Å². The van der Waals surface area contributed by atoms with Crippen LogP contribution >= 0.6 is 0 Å². The summed E-state index contributed by atoms with van der Waals surface area (Å²) in [5.74, 6) is -0.218. The van der Waals surface area contributed by atoms with E-state index < -0.39 is 11.4 Å². The summed E-state index contributed by atoms with van der Waals surface area (Å²) in [6, 6.07) is 3.10. The molecular formula is C20H28O4. The minimum absolute atomic E-state index is 0.223. The van der Waals surface area contributed by atoms with Crippen molar-refractivity contribution in [2.75, 3.05) is 0 Å². The Hall–Kier alpha value is -1.71. The number of carboxylic acid groups (broad SMARTS) is 1. The van der Waals surface area contributed by atoms with Gasteiger partial charge in [-0.1, -0.05) is 6.92 Å². The fraction of sp³-hybridized carbons (Fsp3) is 0.650. The van der Waals surface area contributed by atoms with Crippen LogP contribution in [0.25, 0.3) is 0 Å². The predicted molar refractivity (Wildman–Crippen MR) is 92.3 cm³/mol. The molecular weight excluding hydrogens is 304 g/mol. The van der Waals surface area contributed by atoms with E-state index in [1.165, 1.54) is 12.8 Å². The van der Waals surface area contributed by atoms with Gasteiger partial charge < -0.3 is 15.3 Å². The van der Waals surface area contributed by atoms with Gasteiger partial charge in [0.25, 0.3) is 0 Å². The maximum Gasteiger partial charge on any atom is 0.309 e. The molecule has 2 aliphatic carbocycles. The second-order valence-electron chi connectivity index (χ2n) is 8.16. The summed E-state index contributed by atoms with van der Waals surface area (Å²) in [7, 11) is 0. The van der Waals surface area contributed by atoms with Crippen LogP contribution in [0.1, 0.15) is 69.4 Å². The molecule has 0 bridgehead atoms. The zero-order chi connectivity index (χ0) is 17.4. The number of hydrogen-bond acceptors (Lipinski definition) is 3. The van der Waals surface area contributed by atoms with Gasteiger partial charge in [0.2, 0.25) is 0 Å². The van der Waals surface area contributed by atoms with E-state index in [0.29, 0.717) is 18.3 Å². The summed E-state index contributed by atoms with van der Waals surface area (Å²) in [5, 5.41) is 29.7. The van der Waals surface area contributed by atoms with Gasteiger partial charge >= 0.3 is 5.97 Å². The molecule has 24 heavy (non-hydrogen) atoms. The van der Waals surface area contributed by atoms with E-state index in [0.717, 1.165) is 49.7 Å². The average Bonchev–Trinajstić information content (AvgIpc) is 3.44. The van der Waals surface area contributed by atoms with Gasteiger partial charge in [-0.3, -0.25) is 4.79 Å². The molecule has 0 heterocycles. The van der Waals surface area contributed by atoms with Crippen molar-refractivity contribution < 1.29 is 20.1 Å². The first kappa shape index (κ1) is 17.1. The molecule has 2 fully saturated rings. The quantitative estimate of drug-likeness (QED) is 0.585. The Morgan fingerprint density at radius 1 is 0.958 bits per heavy atom. The van der Waals surface area contributed by atoms with Gasteiger partial charge in [0.1, 0.15) is 11.5 Å². The highest BCUT2D eigenvalue weighted by molar-refractivity contribution is 5.77. The van der Waals surface area contributed by atoms with Crippen LogP contribution < -0.4 is 0 Å². The third-order valence-corrected chi connectivity index (χ3v) is 6.08. The second kappa shape index (κ2) is 6.30. The molecule has 0 radical (unpaired) electrons. The van der Waals surface area contributed by atoms with Gasteiger partial charge in [-0.25, -0.2) is 0 Å². The predicted octanol–water partition coefficient (Wildman–Crippen LogP) is 4.41. The number of carboxylic acids is 1. The molecule has 1 aromatic rings. The van der Waals surface area contributed by atoms with Gasteiger partial charge in [0.15, 0.2) is 0 Å². The molecule has 0 aliphatic heterocycles. The number of rotatable bonds is 9. The molecule has 0 aromatic heterocycles. The molecule has 4 nitrogen and oxygen atoms in total. The first-order valence-electron chi connectivity index (χ1n) is 9.11. The number of phenols is 2. The number of carbonyl (C=O) groups is 1. The van der Waals surface area contributed by atoms with Crippen molar-refractivity contribution in [2.24, 2.45) is 10.8 Å². The second-order valence-corrected chi connectivity index (χ2v) is 8.16. The van der Waals surface area contributed by atoms with E-state index in [1.807, 2.05) is 0 Å². The Balaban J connectivity index is 1.62. The van der Waals surface area contributed by atoms with E-state index in [4.69, 9.17) is 0 Å². The van der Waals surface area contributed by atoms with Crippen LogP contribution in [-0.2, 0) is 17.6 Å². The van der Waals surface area contributed by atoms with Crippen LogP contribution in [0.2, 0.25) is 0 Å². The summed E-state index contributed by atoms with van der Waals surface area (Å²) in [4.78, 5) is 11.3. The molecule has 0 saturated heterocycles. The van der Waals surface area contributed by atoms with E-state index in [2.05, 4.69) is 6.92 Å². The van der Waals surface area contributed by atoms with Gasteiger partial charge in [-0.2, -0.15) is 0 Å². The number of benzene rings is 1. The van der Waals surface area contributed by atoms with Crippen molar-refractivity contribution in [1.82, 2.24) is 0 Å². The molecule has 0 unspecified atom stereocenters. The third-order valence-electron chi connectivity index (χ3n) is 6.08. The molecule has 2 saturated carbocycles. The van der Waals surface area contributed by atoms with Gasteiger partial charge in [0, 0.05) is 11.1 Å². The minimum Gasteiger partial charge on any atom is -0.508 e. The lowest BCUT2D eigenvalue weighted by Crippen LogP contribution is -2.14. The first-order chi connectivity index (χ1) is 11.4. The highest BCUT2D eigenvalue weighted by atomic mass is 16.4. The maximum atomic E-state index is 11.3. The minimum atomic E-state index is -0.694. The summed E-state index contributed by atoms with van der Waals surface area (Å²) in [6.07, 6.45) is 9.06. The lowest BCUT2D eigenvalue weighted by atomic mass is 9.91. The molecule has 3 rings (SSSR count). The first-order valence-corrected chi connectivity index (χ1v) is 9.11. The van der Waals surface area contributed by atoms with Crippen LogP contribution in [-0.4, -0.2) is 21.3 Å². The zero-order valence-electron chi connectivity index (χ0n) is 14.5. The third kappa shape index (κ3) is 3.68. The Kier molecular flexibility index (Phi) is 4.50. The summed E-state index contributed by atoms with van der Waals surface area (Å²) >= 11 is 0. The zero-order valence-corrected chi connectivity index (χ0v) is 14.5. The van der Waals surface area contributed by atoms with Crippen molar-refractivity contribution in [3.63, 3.8) is 0 Å². The Morgan fingerprint density at radius 3 is 1.88 bits per heavy atom. The Morgan fingerprint density at radius 2 is 1.46 bits per heavy atom. The van der Waals surface area contributed by atoms with Gasteiger partial charge in [0.05, 0.1) is 5.41 Å². The SMILES string of the molecule is CC1(CCCc2c(O)ccc(O)c2CCCC2(C(=O)O)CC2)CC1. The van der Waals surface area contributed by atoms with E-state index in [-0.39, 0.29) is 11.5 Å². The molecule has 0 spiro atoms. The van der Waals surface area contributed by atoms with Crippen molar-refractivity contribution in [2.45, 2.75) is 71.1 Å². The summed E-state index contributed by atoms with van der Waals surface area (Å²) in [6.45, 7) is 2.30. The molecule has 3 N–H and O–H groups in total. The van der Waals surface area contributed by atoms with Gasteiger partial charge in [-0.05, 0) is 81.8 Å². The number of aliphatic carboxylic acids is 1. The van der Waals surface area contributed by atoms with Crippen LogP contribution in [0.5, 0.6) is 11.5 Å². The Bertz CT molecular complexity index is 627. The van der Waals surface area contributed by atoms with Crippen molar-refractivity contribution in [1.29, 1.82) is 0 Å². The number of hydrogen-bond donors (Lipinski definition) is 3. The van der Waals surface area contributed by atoms with Crippen molar-refractivity contribution >= 4 is 5.97 Å². The van der Waals surface area contributed by atoms with E-state index >= 15 is 0 Å². The highest BCUT2D eigenvalue weighted by Gasteiger charge is 2.49. The van der Waals surface area contributed by atoms with Crippen LogP contribution in [0.4, 0.5) is 0 Å². The normalized spacial score (nSPS) is 19.9. The average molecular weight is 332 g/mol. The van der Waals surface area contributed by atoms with E-state index in [9.17, 15) is 20.1 Å². The van der Waals surface area contributed by atoms with E-state index in [1.54, 1.807) is 12.1 Å². The van der Waals surface area contributed by atoms with Crippen LogP contribution in [0.15, 0.2) is 12.1 Å². The number of phenolic OH excluding ortho intramolecular Hbond substituents is 2. The monoisotopic (exact) mass is 332 g/mol. The summed E-state index contributed by atoms with van der Waals surface area (Å²) in [5.41, 5.74) is 1.62. The fourth-order valence-electron chi connectivity index (χ4n) is 3.71. The standard InChI is InChI=1S/C20H28O4/c1-19(10-11-19)8-2-4-14-15(17(22)7-6-16(14)21)5-3-9-20(12-13-20)18(23)24/h6-7,21-22H,2-5,8-13H2,1H3,(H,23,24). The number of aromatic hydroxyl groups is 2. The van der Waals surface area contributed by atoms with Crippen molar-refractivity contribution in [3.8, 4) is 11.5 Å². The summed E-state index contributed by atoms with van der Waals surface area (Å²) < 4.78 is 0. The van der Waals surface area contributed by atoms with Gasteiger partial charge in [-0.15, -0.1) is 0 Å². The van der Waals surface area contributed by atoms with Crippen LogP contribution in [0.3, 0.4) is 0 Å².